The quantitative estimate of drug-likeness (QED) is 0.922. The Hall–Kier alpha value is -1.46. The Kier molecular flexibility index (Phi) is 5.53. The molecule has 6 heteroatoms. The lowest BCUT2D eigenvalue weighted by Gasteiger charge is -2.24. The number of ether oxygens (including phenoxy) is 2. The number of nitrogens with two attached hydrogens (primary N) is 1. The highest BCUT2D eigenvalue weighted by molar-refractivity contribution is 5.85. The first-order chi connectivity index (χ1) is 10.2. The van der Waals surface area contributed by atoms with Gasteiger partial charge in [0.25, 0.3) is 0 Å². The zero-order valence-corrected chi connectivity index (χ0v) is 13.6. The van der Waals surface area contributed by atoms with Gasteiger partial charge in [-0.25, -0.2) is 0 Å². The Morgan fingerprint density at radius 2 is 2.09 bits per heavy atom. The van der Waals surface area contributed by atoms with E-state index in [4.69, 9.17) is 15.2 Å². The van der Waals surface area contributed by atoms with Crippen LogP contribution in [-0.4, -0.2) is 30.2 Å². The SMILES string of the molecule is CCN(Cc1ccc2c(c1)OCO2)C(=O)C1CCC(N)C1.Cl. The highest BCUT2D eigenvalue weighted by atomic mass is 35.5. The van der Waals surface area contributed by atoms with Crippen molar-refractivity contribution in [3.63, 3.8) is 0 Å². The largest absolute Gasteiger partial charge is 0.454 e. The summed E-state index contributed by atoms with van der Waals surface area (Å²) in [6.07, 6.45) is 2.69. The molecule has 22 heavy (non-hydrogen) atoms. The third-order valence-corrected chi connectivity index (χ3v) is 4.33. The van der Waals surface area contributed by atoms with E-state index in [1.165, 1.54) is 0 Å². The van der Waals surface area contributed by atoms with Gasteiger partial charge in [-0.3, -0.25) is 4.79 Å². The van der Waals surface area contributed by atoms with Gasteiger partial charge in [0.1, 0.15) is 0 Å². The van der Waals surface area contributed by atoms with Gasteiger partial charge in [0.2, 0.25) is 12.7 Å². The van der Waals surface area contributed by atoms with E-state index >= 15 is 0 Å². The molecule has 1 aliphatic carbocycles. The molecular formula is C16H23ClN2O3. The maximum atomic E-state index is 12.6. The van der Waals surface area contributed by atoms with Crippen molar-refractivity contribution in [2.75, 3.05) is 13.3 Å². The van der Waals surface area contributed by atoms with Crippen LogP contribution in [0.15, 0.2) is 18.2 Å². The van der Waals surface area contributed by atoms with Gasteiger partial charge < -0.3 is 20.1 Å². The van der Waals surface area contributed by atoms with Crippen LogP contribution in [0.4, 0.5) is 0 Å². The average molecular weight is 327 g/mol. The number of halogens is 1. The van der Waals surface area contributed by atoms with Gasteiger partial charge in [-0.1, -0.05) is 6.07 Å². The molecule has 0 aromatic heterocycles. The van der Waals surface area contributed by atoms with Crippen molar-refractivity contribution in [2.24, 2.45) is 11.7 Å². The third kappa shape index (κ3) is 3.47. The molecule has 0 bridgehead atoms. The second-order valence-electron chi connectivity index (χ2n) is 5.81. The van der Waals surface area contributed by atoms with Crippen molar-refractivity contribution < 1.29 is 14.3 Å². The molecule has 2 N–H and O–H groups in total. The van der Waals surface area contributed by atoms with Gasteiger partial charge in [0.05, 0.1) is 0 Å². The zero-order chi connectivity index (χ0) is 14.8. The molecule has 1 aromatic carbocycles. The standard InChI is InChI=1S/C16H22N2O3.ClH/c1-2-18(16(19)12-4-5-13(17)8-12)9-11-3-6-14-15(7-11)21-10-20-14;/h3,6-7,12-13H,2,4-5,8-10,17H2,1H3;1H. The zero-order valence-electron chi connectivity index (χ0n) is 12.8. The topological polar surface area (TPSA) is 64.8 Å². The molecule has 1 saturated carbocycles. The van der Waals surface area contributed by atoms with Crippen LogP contribution in [0.1, 0.15) is 31.7 Å². The fourth-order valence-corrected chi connectivity index (χ4v) is 3.10. The smallest absolute Gasteiger partial charge is 0.231 e. The maximum absolute atomic E-state index is 12.6. The van der Waals surface area contributed by atoms with Gasteiger partial charge in [-0.2, -0.15) is 0 Å². The van der Waals surface area contributed by atoms with Crippen molar-refractivity contribution in [3.05, 3.63) is 23.8 Å². The first-order valence-electron chi connectivity index (χ1n) is 7.60. The summed E-state index contributed by atoms with van der Waals surface area (Å²) in [6.45, 7) is 3.60. The molecule has 5 nitrogen and oxygen atoms in total. The molecule has 0 spiro atoms. The van der Waals surface area contributed by atoms with Crippen molar-refractivity contribution in [2.45, 2.75) is 38.8 Å². The molecule has 122 valence electrons. The molecule has 1 fully saturated rings. The van der Waals surface area contributed by atoms with Gasteiger partial charge in [0.15, 0.2) is 11.5 Å². The lowest BCUT2D eigenvalue weighted by Crippen LogP contribution is -2.35. The van der Waals surface area contributed by atoms with Crippen LogP contribution in [0.25, 0.3) is 0 Å². The van der Waals surface area contributed by atoms with Crippen LogP contribution >= 0.6 is 12.4 Å². The molecule has 0 saturated heterocycles. The number of benzene rings is 1. The lowest BCUT2D eigenvalue weighted by atomic mass is 10.1. The second kappa shape index (κ2) is 7.20. The highest BCUT2D eigenvalue weighted by Gasteiger charge is 2.30. The number of amides is 1. The minimum absolute atomic E-state index is 0. The van der Waals surface area contributed by atoms with Crippen LogP contribution in [0.3, 0.4) is 0 Å². The van der Waals surface area contributed by atoms with Crippen molar-refractivity contribution in [1.82, 2.24) is 4.90 Å². The number of carbonyl (C=O) groups excluding carboxylic acids is 1. The summed E-state index contributed by atoms with van der Waals surface area (Å²) in [6, 6.07) is 6.03. The van der Waals surface area contributed by atoms with E-state index in [-0.39, 0.29) is 37.1 Å². The van der Waals surface area contributed by atoms with Crippen molar-refractivity contribution in [3.8, 4) is 11.5 Å². The number of nitrogens with zero attached hydrogens (tertiary/aromatic N) is 1. The minimum atomic E-state index is 0. The summed E-state index contributed by atoms with van der Waals surface area (Å²) < 4.78 is 10.7. The molecule has 1 aliphatic heterocycles. The van der Waals surface area contributed by atoms with Crippen molar-refractivity contribution >= 4 is 18.3 Å². The summed E-state index contributed by atoms with van der Waals surface area (Å²) in [5, 5.41) is 0. The minimum Gasteiger partial charge on any atom is -0.454 e. The first-order valence-corrected chi connectivity index (χ1v) is 7.60. The fourth-order valence-electron chi connectivity index (χ4n) is 3.10. The molecule has 1 amide bonds. The molecule has 0 radical (unpaired) electrons. The number of rotatable bonds is 4. The normalized spacial score (nSPS) is 22.3. The van der Waals surface area contributed by atoms with Crippen LogP contribution in [0.2, 0.25) is 0 Å². The Bertz CT molecular complexity index is 538. The van der Waals surface area contributed by atoms with Crippen LogP contribution in [0.5, 0.6) is 11.5 Å². The molecule has 3 rings (SSSR count). The predicted molar refractivity (Wildman–Crippen MR) is 86.2 cm³/mol. The van der Waals surface area contributed by atoms with Crippen LogP contribution in [0, 0.1) is 5.92 Å². The molecule has 2 unspecified atom stereocenters. The highest BCUT2D eigenvalue weighted by Crippen LogP contribution is 2.33. The fraction of sp³-hybridized carbons (Fsp3) is 0.562. The average Bonchev–Trinajstić information content (AvgIpc) is 3.12. The summed E-state index contributed by atoms with van der Waals surface area (Å²) >= 11 is 0. The monoisotopic (exact) mass is 326 g/mol. The van der Waals surface area contributed by atoms with E-state index in [0.717, 1.165) is 36.3 Å². The van der Waals surface area contributed by atoms with Crippen molar-refractivity contribution in [1.29, 1.82) is 0 Å². The molecule has 1 aromatic rings. The third-order valence-electron chi connectivity index (χ3n) is 4.33. The van der Waals surface area contributed by atoms with E-state index in [1.54, 1.807) is 0 Å². The second-order valence-corrected chi connectivity index (χ2v) is 5.81. The molecule has 2 atom stereocenters. The Morgan fingerprint density at radius 3 is 2.77 bits per heavy atom. The summed E-state index contributed by atoms with van der Waals surface area (Å²) in [5.74, 6) is 1.85. The predicted octanol–water partition coefficient (Wildman–Crippen LogP) is 2.31. The molecular weight excluding hydrogens is 304 g/mol. The first kappa shape index (κ1) is 16.9. The maximum Gasteiger partial charge on any atom is 0.231 e. The summed E-state index contributed by atoms with van der Waals surface area (Å²) in [7, 11) is 0. The molecule has 1 heterocycles. The van der Waals surface area contributed by atoms with E-state index in [2.05, 4.69) is 0 Å². The Labute approximate surface area is 137 Å². The van der Waals surface area contributed by atoms with E-state index in [9.17, 15) is 4.79 Å². The van der Waals surface area contributed by atoms with Crippen LogP contribution in [-0.2, 0) is 11.3 Å². The number of hydrogen-bond acceptors (Lipinski definition) is 4. The number of fused-ring (bicyclic) bond motifs is 1. The van der Waals surface area contributed by atoms with Gasteiger partial charge >= 0.3 is 0 Å². The van der Waals surface area contributed by atoms with E-state index in [1.807, 2.05) is 30.0 Å². The summed E-state index contributed by atoms with van der Waals surface area (Å²) in [4.78, 5) is 14.5. The van der Waals surface area contributed by atoms with Gasteiger partial charge in [-0.05, 0) is 43.9 Å². The van der Waals surface area contributed by atoms with Gasteiger partial charge in [0, 0.05) is 25.0 Å². The van der Waals surface area contributed by atoms with E-state index in [0.29, 0.717) is 13.1 Å². The lowest BCUT2D eigenvalue weighted by molar-refractivity contribution is -0.135. The van der Waals surface area contributed by atoms with Gasteiger partial charge in [-0.15, -0.1) is 12.4 Å². The van der Waals surface area contributed by atoms with E-state index < -0.39 is 0 Å². The Balaban J connectivity index is 0.00000176. The summed E-state index contributed by atoms with van der Waals surface area (Å²) in [5.41, 5.74) is 6.98. The number of hydrogen-bond donors (Lipinski definition) is 1. The van der Waals surface area contributed by atoms with Crippen LogP contribution < -0.4 is 15.2 Å². The Morgan fingerprint density at radius 1 is 1.32 bits per heavy atom. The number of carbonyl (C=O) groups is 1. The molecule has 2 aliphatic rings.